The standard InChI is InChI=1S/C26H34N2O4/c1-3-5-6-7-8-9-10-11-25(29)28-27-20-21-12-16-24(17-13-21)32-26(30)22-14-18-23(19-15-22)31-4-2/h12-20H,3-11H2,1-2H3,(H,28,29)/b27-20-. The van der Waals surface area contributed by atoms with E-state index in [0.29, 0.717) is 30.1 Å². The van der Waals surface area contributed by atoms with E-state index in [-0.39, 0.29) is 5.91 Å². The first-order chi connectivity index (χ1) is 15.6. The van der Waals surface area contributed by atoms with Gasteiger partial charge in [0.05, 0.1) is 18.4 Å². The number of amides is 1. The minimum atomic E-state index is -0.438. The Morgan fingerprint density at radius 1 is 0.844 bits per heavy atom. The number of esters is 1. The number of carbonyl (C=O) groups is 2. The maximum absolute atomic E-state index is 12.3. The van der Waals surface area contributed by atoms with Crippen LogP contribution >= 0.6 is 0 Å². The molecule has 1 N–H and O–H groups in total. The minimum absolute atomic E-state index is 0.0734. The van der Waals surface area contributed by atoms with E-state index in [2.05, 4.69) is 17.5 Å². The number of hydrazone groups is 1. The van der Waals surface area contributed by atoms with Crippen molar-refractivity contribution in [2.75, 3.05) is 6.61 Å². The smallest absolute Gasteiger partial charge is 0.343 e. The molecule has 0 heterocycles. The molecule has 0 aliphatic heterocycles. The van der Waals surface area contributed by atoms with Gasteiger partial charge < -0.3 is 9.47 Å². The number of rotatable bonds is 14. The van der Waals surface area contributed by atoms with Gasteiger partial charge in [0.1, 0.15) is 11.5 Å². The molecule has 0 aliphatic rings. The summed E-state index contributed by atoms with van der Waals surface area (Å²) in [4.78, 5) is 24.1. The fourth-order valence-electron chi connectivity index (χ4n) is 3.12. The summed E-state index contributed by atoms with van der Waals surface area (Å²) in [6, 6.07) is 13.7. The molecule has 0 saturated heterocycles. The number of hydrogen-bond acceptors (Lipinski definition) is 5. The zero-order valence-electron chi connectivity index (χ0n) is 19.1. The summed E-state index contributed by atoms with van der Waals surface area (Å²) in [6.07, 6.45) is 10.3. The quantitative estimate of drug-likeness (QED) is 0.131. The van der Waals surface area contributed by atoms with Gasteiger partial charge in [-0.15, -0.1) is 0 Å². The first-order valence-corrected chi connectivity index (χ1v) is 11.5. The molecule has 2 rings (SSSR count). The van der Waals surface area contributed by atoms with Gasteiger partial charge in [-0.3, -0.25) is 4.79 Å². The van der Waals surface area contributed by atoms with Crippen LogP contribution in [0.1, 0.15) is 81.1 Å². The van der Waals surface area contributed by atoms with Gasteiger partial charge in [-0.2, -0.15) is 5.10 Å². The number of benzene rings is 2. The van der Waals surface area contributed by atoms with Crippen molar-refractivity contribution in [2.24, 2.45) is 5.10 Å². The molecule has 0 radical (unpaired) electrons. The van der Waals surface area contributed by atoms with Gasteiger partial charge in [-0.05, 0) is 67.4 Å². The van der Waals surface area contributed by atoms with Crippen LogP contribution < -0.4 is 14.9 Å². The van der Waals surface area contributed by atoms with Crippen molar-refractivity contribution in [2.45, 2.75) is 65.2 Å². The van der Waals surface area contributed by atoms with Crippen LogP contribution in [0.25, 0.3) is 0 Å². The van der Waals surface area contributed by atoms with Crippen molar-refractivity contribution in [1.82, 2.24) is 5.43 Å². The zero-order chi connectivity index (χ0) is 23.0. The molecule has 0 spiro atoms. The molecule has 32 heavy (non-hydrogen) atoms. The van der Waals surface area contributed by atoms with Crippen LogP contribution in [0.4, 0.5) is 0 Å². The molecule has 172 valence electrons. The van der Waals surface area contributed by atoms with E-state index in [1.807, 2.05) is 6.92 Å². The van der Waals surface area contributed by atoms with Crippen LogP contribution in [0.5, 0.6) is 11.5 Å². The third-order valence-corrected chi connectivity index (χ3v) is 4.90. The van der Waals surface area contributed by atoms with Crippen molar-refractivity contribution >= 4 is 18.1 Å². The van der Waals surface area contributed by atoms with Gasteiger partial charge in [0.25, 0.3) is 0 Å². The molecule has 2 aromatic carbocycles. The van der Waals surface area contributed by atoms with Crippen LogP contribution in [0, 0.1) is 0 Å². The highest BCUT2D eigenvalue weighted by Crippen LogP contribution is 2.16. The van der Waals surface area contributed by atoms with E-state index in [0.717, 1.165) is 18.4 Å². The normalized spacial score (nSPS) is 10.8. The molecule has 0 atom stereocenters. The Morgan fingerprint density at radius 3 is 2.12 bits per heavy atom. The molecule has 2 aromatic rings. The van der Waals surface area contributed by atoms with Gasteiger partial charge in [-0.25, -0.2) is 10.2 Å². The molecular weight excluding hydrogens is 404 g/mol. The van der Waals surface area contributed by atoms with Crippen LogP contribution in [-0.4, -0.2) is 24.7 Å². The average Bonchev–Trinajstić information content (AvgIpc) is 2.80. The van der Waals surface area contributed by atoms with Crippen molar-refractivity contribution in [1.29, 1.82) is 0 Å². The lowest BCUT2D eigenvalue weighted by Gasteiger charge is -2.06. The first kappa shape index (κ1) is 25.1. The highest BCUT2D eigenvalue weighted by Gasteiger charge is 2.08. The number of hydrogen-bond donors (Lipinski definition) is 1. The van der Waals surface area contributed by atoms with E-state index >= 15 is 0 Å². The molecule has 0 saturated carbocycles. The molecule has 6 nitrogen and oxygen atoms in total. The van der Waals surface area contributed by atoms with Gasteiger partial charge in [0.2, 0.25) is 5.91 Å². The monoisotopic (exact) mass is 438 g/mol. The third kappa shape index (κ3) is 9.77. The molecule has 0 unspecified atom stereocenters. The van der Waals surface area contributed by atoms with Gasteiger partial charge in [0.15, 0.2) is 0 Å². The second kappa shape index (κ2) is 14.8. The predicted molar refractivity (Wildman–Crippen MR) is 127 cm³/mol. The Kier molecular flexibility index (Phi) is 11.6. The number of nitrogens with one attached hydrogen (secondary N) is 1. The fourth-order valence-corrected chi connectivity index (χ4v) is 3.12. The lowest BCUT2D eigenvalue weighted by Crippen LogP contribution is -2.16. The lowest BCUT2D eigenvalue weighted by atomic mass is 10.1. The van der Waals surface area contributed by atoms with Gasteiger partial charge in [0, 0.05) is 6.42 Å². The molecular formula is C26H34N2O4. The maximum Gasteiger partial charge on any atom is 0.343 e. The van der Waals surface area contributed by atoms with Crippen LogP contribution in [0.2, 0.25) is 0 Å². The second-order valence-electron chi connectivity index (χ2n) is 7.58. The Hall–Kier alpha value is -3.15. The van der Waals surface area contributed by atoms with Crippen molar-refractivity contribution in [3.05, 3.63) is 59.7 Å². The van der Waals surface area contributed by atoms with Crippen molar-refractivity contribution in [3.63, 3.8) is 0 Å². The summed E-state index contributed by atoms with van der Waals surface area (Å²) < 4.78 is 10.8. The molecule has 0 fully saturated rings. The van der Waals surface area contributed by atoms with Gasteiger partial charge in [-0.1, -0.05) is 45.4 Å². The van der Waals surface area contributed by atoms with Crippen LogP contribution in [-0.2, 0) is 4.79 Å². The van der Waals surface area contributed by atoms with E-state index in [4.69, 9.17) is 9.47 Å². The molecule has 1 amide bonds. The average molecular weight is 439 g/mol. The number of unbranched alkanes of at least 4 members (excludes halogenated alkanes) is 6. The first-order valence-electron chi connectivity index (χ1n) is 11.5. The molecule has 0 bridgehead atoms. The highest BCUT2D eigenvalue weighted by molar-refractivity contribution is 5.91. The fraction of sp³-hybridized carbons (Fsp3) is 0.423. The highest BCUT2D eigenvalue weighted by atomic mass is 16.5. The summed E-state index contributed by atoms with van der Waals surface area (Å²) in [5.41, 5.74) is 3.80. The van der Waals surface area contributed by atoms with E-state index in [1.54, 1.807) is 54.7 Å². The van der Waals surface area contributed by atoms with E-state index in [1.165, 1.54) is 32.1 Å². The molecule has 0 aromatic heterocycles. The Bertz CT molecular complexity index is 845. The van der Waals surface area contributed by atoms with Gasteiger partial charge >= 0.3 is 5.97 Å². The Labute approximate surface area is 191 Å². The van der Waals surface area contributed by atoms with Crippen molar-refractivity contribution in [3.8, 4) is 11.5 Å². The predicted octanol–water partition coefficient (Wildman–Crippen LogP) is 5.90. The maximum atomic E-state index is 12.3. The van der Waals surface area contributed by atoms with Crippen molar-refractivity contribution < 1.29 is 19.1 Å². The molecule has 0 aliphatic carbocycles. The van der Waals surface area contributed by atoms with Crippen LogP contribution in [0.15, 0.2) is 53.6 Å². The summed E-state index contributed by atoms with van der Waals surface area (Å²) in [6.45, 7) is 4.68. The number of carbonyl (C=O) groups excluding carboxylic acids is 2. The topological polar surface area (TPSA) is 77.0 Å². The largest absolute Gasteiger partial charge is 0.494 e. The van der Waals surface area contributed by atoms with Crippen LogP contribution in [0.3, 0.4) is 0 Å². The third-order valence-electron chi connectivity index (χ3n) is 4.90. The second-order valence-corrected chi connectivity index (χ2v) is 7.58. The lowest BCUT2D eigenvalue weighted by molar-refractivity contribution is -0.121. The Morgan fingerprint density at radius 2 is 1.47 bits per heavy atom. The summed E-state index contributed by atoms with van der Waals surface area (Å²) in [5.74, 6) is 0.633. The summed E-state index contributed by atoms with van der Waals surface area (Å²) >= 11 is 0. The Balaban J connectivity index is 1.70. The molecule has 6 heteroatoms. The summed E-state index contributed by atoms with van der Waals surface area (Å²) in [7, 11) is 0. The SMILES string of the molecule is CCCCCCCCCC(=O)N/N=C\c1ccc(OC(=O)c2ccc(OCC)cc2)cc1. The minimum Gasteiger partial charge on any atom is -0.494 e. The number of nitrogens with zero attached hydrogens (tertiary/aromatic N) is 1. The number of ether oxygens (including phenoxy) is 2. The van der Waals surface area contributed by atoms with E-state index in [9.17, 15) is 9.59 Å². The van der Waals surface area contributed by atoms with E-state index < -0.39 is 5.97 Å². The summed E-state index contributed by atoms with van der Waals surface area (Å²) in [5, 5.41) is 4.00. The zero-order valence-corrected chi connectivity index (χ0v) is 19.1.